The van der Waals surface area contributed by atoms with E-state index in [2.05, 4.69) is 0 Å². The predicted octanol–water partition coefficient (Wildman–Crippen LogP) is 2.26. The lowest BCUT2D eigenvalue weighted by Gasteiger charge is -2.28. The zero-order chi connectivity index (χ0) is 11.8. The molecule has 3 heteroatoms. The van der Waals surface area contributed by atoms with Crippen LogP contribution in [-0.4, -0.2) is 18.4 Å². The van der Waals surface area contributed by atoms with Crippen LogP contribution in [0, 0.1) is 11.3 Å². The van der Waals surface area contributed by atoms with E-state index in [1.165, 1.54) is 0 Å². The van der Waals surface area contributed by atoms with E-state index in [1.807, 2.05) is 13.0 Å². The summed E-state index contributed by atoms with van der Waals surface area (Å²) in [5.74, 6) is -0.213. The highest BCUT2D eigenvalue weighted by Gasteiger charge is 2.57. The summed E-state index contributed by atoms with van der Waals surface area (Å²) in [6.45, 7) is 4.08. The molecule has 2 rings (SSSR count). The molecule has 2 bridgehead atoms. The van der Waals surface area contributed by atoms with Crippen molar-refractivity contribution in [3.63, 3.8) is 0 Å². The lowest BCUT2D eigenvalue weighted by Crippen LogP contribution is -2.41. The van der Waals surface area contributed by atoms with Gasteiger partial charge in [-0.05, 0) is 33.1 Å². The van der Waals surface area contributed by atoms with Crippen LogP contribution >= 0.6 is 0 Å². The van der Waals surface area contributed by atoms with Crippen molar-refractivity contribution in [2.75, 3.05) is 6.61 Å². The molecule has 2 aliphatic carbocycles. The molecule has 2 aliphatic rings. The van der Waals surface area contributed by atoms with Crippen molar-refractivity contribution in [3.05, 3.63) is 11.6 Å². The van der Waals surface area contributed by atoms with Gasteiger partial charge in [-0.3, -0.25) is 9.59 Å². The van der Waals surface area contributed by atoms with Crippen LogP contribution in [0.2, 0.25) is 0 Å². The number of allylic oxidation sites excluding steroid dienone is 2. The Hall–Kier alpha value is -1.12. The van der Waals surface area contributed by atoms with E-state index in [0.29, 0.717) is 19.4 Å². The van der Waals surface area contributed by atoms with Crippen molar-refractivity contribution < 1.29 is 14.3 Å². The van der Waals surface area contributed by atoms with Crippen LogP contribution in [-0.2, 0) is 14.3 Å². The average molecular weight is 222 g/mol. The van der Waals surface area contributed by atoms with Gasteiger partial charge >= 0.3 is 5.97 Å². The molecule has 3 nitrogen and oxygen atoms in total. The fraction of sp³-hybridized carbons (Fsp3) is 0.692. The van der Waals surface area contributed by atoms with Gasteiger partial charge in [-0.2, -0.15) is 0 Å². The summed E-state index contributed by atoms with van der Waals surface area (Å²) in [7, 11) is 0. The molecule has 0 aromatic rings. The first-order chi connectivity index (χ1) is 7.65. The molecule has 0 unspecified atom stereocenters. The topological polar surface area (TPSA) is 43.4 Å². The highest BCUT2D eigenvalue weighted by atomic mass is 16.5. The minimum Gasteiger partial charge on any atom is -0.465 e. The summed E-state index contributed by atoms with van der Waals surface area (Å²) in [5, 5.41) is 0. The van der Waals surface area contributed by atoms with Crippen LogP contribution in [0.25, 0.3) is 0 Å². The molecule has 0 amide bonds. The summed E-state index contributed by atoms with van der Waals surface area (Å²) >= 11 is 0. The maximum Gasteiger partial charge on any atom is 0.319 e. The number of ether oxygens (including phenoxy) is 1. The monoisotopic (exact) mass is 222 g/mol. The summed E-state index contributed by atoms with van der Waals surface area (Å²) in [6, 6.07) is 0. The Labute approximate surface area is 95.9 Å². The minimum absolute atomic E-state index is 0.0110. The molecule has 2 saturated carbocycles. The first kappa shape index (κ1) is 11.4. The van der Waals surface area contributed by atoms with Crippen LogP contribution < -0.4 is 0 Å². The molecule has 2 fully saturated rings. The second-order valence-corrected chi connectivity index (χ2v) is 4.65. The highest BCUT2D eigenvalue weighted by molar-refractivity contribution is 6.09. The Morgan fingerprint density at radius 3 is 3.00 bits per heavy atom. The summed E-state index contributed by atoms with van der Waals surface area (Å²) < 4.78 is 5.08. The van der Waals surface area contributed by atoms with Crippen molar-refractivity contribution in [1.82, 2.24) is 0 Å². The van der Waals surface area contributed by atoms with Crippen LogP contribution in [0.3, 0.4) is 0 Å². The largest absolute Gasteiger partial charge is 0.465 e. The van der Waals surface area contributed by atoms with Gasteiger partial charge in [-0.1, -0.05) is 18.1 Å². The molecule has 0 heterocycles. The fourth-order valence-electron chi connectivity index (χ4n) is 3.04. The zero-order valence-corrected chi connectivity index (χ0v) is 9.91. The Morgan fingerprint density at radius 2 is 2.38 bits per heavy atom. The van der Waals surface area contributed by atoms with Gasteiger partial charge in [0.25, 0.3) is 0 Å². The fourth-order valence-corrected chi connectivity index (χ4v) is 3.04. The molecule has 2 atom stereocenters. The van der Waals surface area contributed by atoms with E-state index in [9.17, 15) is 9.59 Å². The predicted molar refractivity (Wildman–Crippen MR) is 59.8 cm³/mol. The molecular weight excluding hydrogens is 204 g/mol. The van der Waals surface area contributed by atoms with Crippen molar-refractivity contribution in [2.45, 2.75) is 39.5 Å². The molecule has 0 aromatic carbocycles. The quantitative estimate of drug-likeness (QED) is 0.409. The number of carbonyl (C=O) groups excluding carboxylic acids is 2. The molecule has 0 radical (unpaired) electrons. The highest BCUT2D eigenvalue weighted by Crippen LogP contribution is 2.52. The molecular formula is C13H18O3. The molecule has 88 valence electrons. The normalized spacial score (nSPS) is 35.5. The standard InChI is InChI=1S/C13H18O3/c1-3-9-8-13(12(15)16-4-2)7-5-6-10(9)11(13)14/h3,10H,4-8H2,1-2H3/b9-3+/t10-,13-/m0/s1. The Morgan fingerprint density at radius 1 is 1.62 bits per heavy atom. The van der Waals surface area contributed by atoms with Crippen molar-refractivity contribution in [2.24, 2.45) is 11.3 Å². The Balaban J connectivity index is 2.33. The summed E-state index contributed by atoms with van der Waals surface area (Å²) in [6.07, 6.45) is 5.10. The Bertz CT molecular complexity index is 356. The van der Waals surface area contributed by atoms with Gasteiger partial charge in [0.15, 0.2) is 5.78 Å². The van der Waals surface area contributed by atoms with Crippen LogP contribution in [0.4, 0.5) is 0 Å². The summed E-state index contributed by atoms with van der Waals surface area (Å²) in [4.78, 5) is 24.2. The first-order valence-corrected chi connectivity index (χ1v) is 6.02. The molecule has 16 heavy (non-hydrogen) atoms. The average Bonchev–Trinajstić information content (AvgIpc) is 2.47. The van der Waals surface area contributed by atoms with Crippen LogP contribution in [0.15, 0.2) is 11.6 Å². The number of carbonyl (C=O) groups is 2. The van der Waals surface area contributed by atoms with E-state index >= 15 is 0 Å². The third-order valence-electron chi connectivity index (χ3n) is 3.87. The molecule has 0 aliphatic heterocycles. The van der Waals surface area contributed by atoms with Gasteiger partial charge in [-0.15, -0.1) is 0 Å². The van der Waals surface area contributed by atoms with Crippen LogP contribution in [0.1, 0.15) is 39.5 Å². The van der Waals surface area contributed by atoms with Gasteiger partial charge in [-0.25, -0.2) is 0 Å². The van der Waals surface area contributed by atoms with E-state index < -0.39 is 5.41 Å². The molecule has 0 N–H and O–H groups in total. The van der Waals surface area contributed by atoms with Crippen molar-refractivity contribution >= 4 is 11.8 Å². The maximum absolute atomic E-state index is 12.3. The minimum atomic E-state index is -0.833. The van der Waals surface area contributed by atoms with Gasteiger partial charge < -0.3 is 4.74 Å². The smallest absolute Gasteiger partial charge is 0.319 e. The van der Waals surface area contributed by atoms with Crippen molar-refractivity contribution in [3.8, 4) is 0 Å². The lowest BCUT2D eigenvalue weighted by molar-refractivity contribution is -0.161. The number of rotatable bonds is 2. The van der Waals surface area contributed by atoms with Gasteiger partial charge in [0.05, 0.1) is 6.61 Å². The van der Waals surface area contributed by atoms with Gasteiger partial charge in [0.1, 0.15) is 5.41 Å². The first-order valence-electron chi connectivity index (χ1n) is 6.02. The zero-order valence-electron chi connectivity index (χ0n) is 9.91. The van der Waals surface area contributed by atoms with Crippen LogP contribution in [0.5, 0.6) is 0 Å². The SMILES string of the molecule is C/C=C1\C[C@@]2(C(=O)OCC)CCC[C@@H]1C2=O. The second kappa shape index (κ2) is 4.04. The number of ketones is 1. The molecule has 0 saturated heterocycles. The number of fused-ring (bicyclic) bond motifs is 2. The van der Waals surface area contributed by atoms with E-state index in [-0.39, 0.29) is 17.7 Å². The third kappa shape index (κ3) is 1.41. The second-order valence-electron chi connectivity index (χ2n) is 4.65. The molecule has 0 spiro atoms. The van der Waals surface area contributed by atoms with Gasteiger partial charge in [0.2, 0.25) is 0 Å². The Kier molecular flexibility index (Phi) is 2.87. The summed E-state index contributed by atoms with van der Waals surface area (Å²) in [5.41, 5.74) is 0.302. The number of esters is 1. The third-order valence-corrected chi connectivity index (χ3v) is 3.87. The maximum atomic E-state index is 12.3. The van der Waals surface area contributed by atoms with Gasteiger partial charge in [0, 0.05) is 5.92 Å². The number of Topliss-reactive ketones (excluding diaryl/α,β-unsaturated/α-hetero) is 1. The number of hydrogen-bond acceptors (Lipinski definition) is 3. The van der Waals surface area contributed by atoms with Crippen molar-refractivity contribution in [1.29, 1.82) is 0 Å². The lowest BCUT2D eigenvalue weighted by atomic mass is 9.74. The number of hydrogen-bond donors (Lipinski definition) is 0. The van der Waals surface area contributed by atoms with E-state index in [0.717, 1.165) is 18.4 Å². The molecule has 0 aromatic heterocycles. The van der Waals surface area contributed by atoms with E-state index in [4.69, 9.17) is 4.74 Å². The van der Waals surface area contributed by atoms with E-state index in [1.54, 1.807) is 6.92 Å².